The van der Waals surface area contributed by atoms with Crippen molar-refractivity contribution in [2.45, 2.75) is 46.1 Å². The molecule has 1 unspecified atom stereocenters. The van der Waals surface area contributed by atoms with Gasteiger partial charge in [0.15, 0.2) is 0 Å². The first kappa shape index (κ1) is 13.4. The zero-order valence-corrected chi connectivity index (χ0v) is 9.88. The topological polar surface area (TPSA) is 29.5 Å². The van der Waals surface area contributed by atoms with Gasteiger partial charge in [0.25, 0.3) is 0 Å². The molecule has 0 aliphatic carbocycles. The van der Waals surface area contributed by atoms with E-state index in [9.17, 15) is 4.79 Å². The van der Waals surface area contributed by atoms with Crippen molar-refractivity contribution >= 4 is 5.97 Å². The van der Waals surface area contributed by atoms with E-state index in [0.717, 1.165) is 25.9 Å². The van der Waals surface area contributed by atoms with Crippen LogP contribution in [0, 0.1) is 0 Å². The lowest BCUT2D eigenvalue weighted by Crippen LogP contribution is -2.36. The summed E-state index contributed by atoms with van der Waals surface area (Å²) >= 11 is 0. The van der Waals surface area contributed by atoms with Crippen LogP contribution in [0.5, 0.6) is 0 Å². The van der Waals surface area contributed by atoms with Gasteiger partial charge in [-0.25, -0.2) is 0 Å². The quantitative estimate of drug-likeness (QED) is 0.590. The number of methoxy groups -OCH3 is 1. The molecule has 0 aromatic heterocycles. The predicted molar refractivity (Wildman–Crippen MR) is 58.3 cm³/mol. The second kappa shape index (κ2) is 7.80. The van der Waals surface area contributed by atoms with Gasteiger partial charge in [-0.15, -0.1) is 0 Å². The molecule has 3 heteroatoms. The minimum atomic E-state index is -0.116. The van der Waals surface area contributed by atoms with E-state index in [0.29, 0.717) is 12.5 Å². The molecule has 14 heavy (non-hydrogen) atoms. The van der Waals surface area contributed by atoms with Gasteiger partial charge in [-0.1, -0.05) is 13.8 Å². The van der Waals surface area contributed by atoms with Crippen molar-refractivity contribution in [1.82, 2.24) is 4.90 Å². The second-order valence-electron chi connectivity index (χ2n) is 3.67. The number of carbonyl (C=O) groups is 1. The Bertz CT molecular complexity index is 153. The van der Waals surface area contributed by atoms with E-state index < -0.39 is 0 Å². The summed E-state index contributed by atoms with van der Waals surface area (Å²) in [6, 6.07) is 0.294. The Labute approximate surface area is 87.4 Å². The van der Waals surface area contributed by atoms with E-state index >= 15 is 0 Å². The number of hydrogen-bond donors (Lipinski definition) is 0. The average Bonchev–Trinajstić information content (AvgIpc) is 2.17. The van der Waals surface area contributed by atoms with Crippen LogP contribution < -0.4 is 0 Å². The number of carbonyl (C=O) groups excluding carboxylic acids is 1. The van der Waals surface area contributed by atoms with E-state index in [1.165, 1.54) is 7.11 Å². The number of ether oxygens (including phenoxy) is 1. The third-order valence-electron chi connectivity index (χ3n) is 2.33. The fourth-order valence-electron chi connectivity index (χ4n) is 1.58. The Hall–Kier alpha value is -0.570. The largest absolute Gasteiger partial charge is 0.469 e. The molecule has 3 nitrogen and oxygen atoms in total. The van der Waals surface area contributed by atoms with Gasteiger partial charge in [0.2, 0.25) is 0 Å². The Morgan fingerprint density at radius 1 is 1.29 bits per heavy atom. The van der Waals surface area contributed by atoms with Crippen molar-refractivity contribution in [2.24, 2.45) is 0 Å². The van der Waals surface area contributed by atoms with Crippen molar-refractivity contribution in [1.29, 1.82) is 0 Å². The normalized spacial score (nSPS) is 12.9. The minimum Gasteiger partial charge on any atom is -0.469 e. The lowest BCUT2D eigenvalue weighted by Gasteiger charge is -2.27. The second-order valence-corrected chi connectivity index (χ2v) is 3.67. The number of rotatable bonds is 7. The molecule has 1 atom stereocenters. The van der Waals surface area contributed by atoms with Crippen LogP contribution >= 0.6 is 0 Å². The van der Waals surface area contributed by atoms with E-state index in [1.54, 1.807) is 0 Å². The van der Waals surface area contributed by atoms with Crippen LogP contribution in [0.15, 0.2) is 0 Å². The van der Waals surface area contributed by atoms with Gasteiger partial charge < -0.3 is 9.64 Å². The maximum absolute atomic E-state index is 11.1. The Kier molecular flexibility index (Phi) is 7.48. The van der Waals surface area contributed by atoms with Crippen LogP contribution in [-0.2, 0) is 9.53 Å². The van der Waals surface area contributed by atoms with Gasteiger partial charge in [0.1, 0.15) is 0 Å². The van der Waals surface area contributed by atoms with E-state index in [-0.39, 0.29) is 5.97 Å². The minimum absolute atomic E-state index is 0.116. The lowest BCUT2D eigenvalue weighted by molar-refractivity contribution is -0.141. The van der Waals surface area contributed by atoms with Crippen molar-refractivity contribution in [3.05, 3.63) is 0 Å². The molecule has 0 fully saturated rings. The molecule has 0 saturated heterocycles. The van der Waals surface area contributed by atoms with Crippen molar-refractivity contribution in [3.63, 3.8) is 0 Å². The highest BCUT2D eigenvalue weighted by Crippen LogP contribution is 2.06. The molecule has 0 aromatic rings. The monoisotopic (exact) mass is 201 g/mol. The van der Waals surface area contributed by atoms with Crippen molar-refractivity contribution in [2.75, 3.05) is 20.2 Å². The highest BCUT2D eigenvalue weighted by atomic mass is 16.5. The summed E-state index contributed by atoms with van der Waals surface area (Å²) in [6.07, 6.45) is 2.76. The van der Waals surface area contributed by atoms with Gasteiger partial charge in [0, 0.05) is 6.04 Å². The zero-order valence-electron chi connectivity index (χ0n) is 9.88. The standard InChI is InChI=1S/C11H23NO2/c1-5-7-12(8-6-2)10(3)9-11(13)14-4/h10H,5-9H2,1-4H3. The molecule has 0 rings (SSSR count). The highest BCUT2D eigenvalue weighted by molar-refractivity contribution is 5.69. The first-order valence-corrected chi connectivity index (χ1v) is 5.46. The molecular weight excluding hydrogens is 178 g/mol. The third-order valence-corrected chi connectivity index (χ3v) is 2.33. The van der Waals surface area contributed by atoms with Crippen LogP contribution in [0.1, 0.15) is 40.0 Å². The molecule has 0 saturated carbocycles. The van der Waals surface area contributed by atoms with Crippen LogP contribution in [0.3, 0.4) is 0 Å². The molecular formula is C11H23NO2. The first-order chi connectivity index (χ1) is 6.65. The van der Waals surface area contributed by atoms with Crippen LogP contribution in [0.4, 0.5) is 0 Å². The van der Waals surface area contributed by atoms with Crippen molar-refractivity contribution < 1.29 is 9.53 Å². The molecule has 0 aliphatic rings. The molecule has 84 valence electrons. The molecule has 0 spiro atoms. The maximum atomic E-state index is 11.1. The summed E-state index contributed by atoms with van der Waals surface area (Å²) in [4.78, 5) is 13.4. The molecule has 0 aromatic carbocycles. The smallest absolute Gasteiger partial charge is 0.307 e. The van der Waals surface area contributed by atoms with Gasteiger partial charge >= 0.3 is 5.97 Å². The first-order valence-electron chi connectivity index (χ1n) is 5.46. The predicted octanol–water partition coefficient (Wildman–Crippen LogP) is 2.06. The fourth-order valence-corrected chi connectivity index (χ4v) is 1.58. The van der Waals surface area contributed by atoms with E-state index in [1.807, 2.05) is 0 Å². The summed E-state index contributed by atoms with van der Waals surface area (Å²) in [6.45, 7) is 8.53. The Morgan fingerprint density at radius 2 is 1.79 bits per heavy atom. The molecule has 0 heterocycles. The van der Waals surface area contributed by atoms with Crippen LogP contribution in [0.2, 0.25) is 0 Å². The molecule has 0 amide bonds. The maximum Gasteiger partial charge on any atom is 0.307 e. The zero-order chi connectivity index (χ0) is 11.0. The fraction of sp³-hybridized carbons (Fsp3) is 0.909. The van der Waals surface area contributed by atoms with Gasteiger partial charge in [-0.05, 0) is 32.9 Å². The van der Waals surface area contributed by atoms with Crippen LogP contribution in [0.25, 0.3) is 0 Å². The van der Waals surface area contributed by atoms with Gasteiger partial charge in [0.05, 0.1) is 13.5 Å². The summed E-state index contributed by atoms with van der Waals surface area (Å²) in [7, 11) is 1.44. The summed E-state index contributed by atoms with van der Waals surface area (Å²) in [5, 5.41) is 0. The van der Waals surface area contributed by atoms with Crippen molar-refractivity contribution in [3.8, 4) is 0 Å². The SMILES string of the molecule is CCCN(CCC)C(C)CC(=O)OC. The van der Waals surface area contributed by atoms with Gasteiger partial charge in [-0.2, -0.15) is 0 Å². The number of esters is 1. The average molecular weight is 201 g/mol. The number of hydrogen-bond acceptors (Lipinski definition) is 3. The molecule has 0 aliphatic heterocycles. The molecule has 0 radical (unpaired) electrons. The molecule has 0 bridgehead atoms. The summed E-state index contributed by atoms with van der Waals surface area (Å²) < 4.78 is 4.66. The highest BCUT2D eigenvalue weighted by Gasteiger charge is 2.15. The van der Waals surface area contributed by atoms with Gasteiger partial charge in [-0.3, -0.25) is 4.79 Å². The van der Waals surface area contributed by atoms with E-state index in [4.69, 9.17) is 0 Å². The third kappa shape index (κ3) is 5.22. The van der Waals surface area contributed by atoms with Crippen LogP contribution in [-0.4, -0.2) is 37.1 Å². The summed E-state index contributed by atoms with van der Waals surface area (Å²) in [5.74, 6) is -0.116. The lowest BCUT2D eigenvalue weighted by atomic mass is 10.2. The Morgan fingerprint density at radius 3 is 2.14 bits per heavy atom. The Balaban J connectivity index is 3.99. The van der Waals surface area contributed by atoms with E-state index in [2.05, 4.69) is 30.4 Å². The summed E-state index contributed by atoms with van der Waals surface area (Å²) in [5.41, 5.74) is 0. The number of nitrogens with zero attached hydrogens (tertiary/aromatic N) is 1. The molecule has 0 N–H and O–H groups in total.